The molecule has 25 heavy (non-hydrogen) atoms. The summed E-state index contributed by atoms with van der Waals surface area (Å²) in [4.78, 5) is 12.5. The SMILES string of the molecule is COc1cccc(C(=O)Nc2cnn(Cc3ccccc3Cl)c2)c1C. The van der Waals surface area contributed by atoms with E-state index in [9.17, 15) is 4.79 Å². The maximum absolute atomic E-state index is 12.5. The number of hydrogen-bond acceptors (Lipinski definition) is 3. The normalized spacial score (nSPS) is 10.5. The van der Waals surface area contributed by atoms with Gasteiger partial charge in [-0.25, -0.2) is 0 Å². The van der Waals surface area contributed by atoms with Crippen molar-refractivity contribution in [2.45, 2.75) is 13.5 Å². The van der Waals surface area contributed by atoms with Crippen LogP contribution in [0, 0.1) is 6.92 Å². The van der Waals surface area contributed by atoms with Gasteiger partial charge in [-0.05, 0) is 30.7 Å². The van der Waals surface area contributed by atoms with Gasteiger partial charge in [0.15, 0.2) is 0 Å². The molecule has 128 valence electrons. The first kappa shape index (κ1) is 17.0. The Bertz CT molecular complexity index is 905. The minimum Gasteiger partial charge on any atom is -0.496 e. The Morgan fingerprint density at radius 3 is 2.80 bits per heavy atom. The molecular formula is C19H18ClN3O2. The van der Waals surface area contributed by atoms with E-state index in [1.807, 2.05) is 37.3 Å². The van der Waals surface area contributed by atoms with Crippen molar-refractivity contribution < 1.29 is 9.53 Å². The highest BCUT2D eigenvalue weighted by atomic mass is 35.5. The maximum atomic E-state index is 12.5. The van der Waals surface area contributed by atoms with Crippen LogP contribution in [0.5, 0.6) is 5.75 Å². The van der Waals surface area contributed by atoms with Gasteiger partial charge in [0, 0.05) is 22.3 Å². The number of amides is 1. The van der Waals surface area contributed by atoms with E-state index in [2.05, 4.69) is 10.4 Å². The molecule has 1 heterocycles. The zero-order valence-electron chi connectivity index (χ0n) is 14.0. The van der Waals surface area contributed by atoms with Crippen molar-refractivity contribution in [2.75, 3.05) is 12.4 Å². The second-order valence-electron chi connectivity index (χ2n) is 5.60. The van der Waals surface area contributed by atoms with E-state index in [1.54, 1.807) is 36.3 Å². The number of carbonyl (C=O) groups is 1. The summed E-state index contributed by atoms with van der Waals surface area (Å²) in [5.41, 5.74) is 2.96. The van der Waals surface area contributed by atoms with Gasteiger partial charge in [0.1, 0.15) is 5.75 Å². The summed E-state index contributed by atoms with van der Waals surface area (Å²) < 4.78 is 6.99. The Hall–Kier alpha value is -2.79. The molecule has 1 aromatic heterocycles. The summed E-state index contributed by atoms with van der Waals surface area (Å²) in [6.45, 7) is 2.39. The Labute approximate surface area is 151 Å². The average Bonchev–Trinajstić information content (AvgIpc) is 3.04. The van der Waals surface area contributed by atoms with Gasteiger partial charge in [-0.1, -0.05) is 35.9 Å². The average molecular weight is 356 g/mol. The number of halogens is 1. The molecule has 0 atom stereocenters. The first-order valence-corrected chi connectivity index (χ1v) is 8.17. The van der Waals surface area contributed by atoms with Gasteiger partial charge in [0.05, 0.1) is 25.5 Å². The summed E-state index contributed by atoms with van der Waals surface area (Å²) in [6.07, 6.45) is 3.39. The maximum Gasteiger partial charge on any atom is 0.256 e. The second-order valence-corrected chi connectivity index (χ2v) is 6.01. The molecule has 5 nitrogen and oxygen atoms in total. The van der Waals surface area contributed by atoms with E-state index < -0.39 is 0 Å². The molecule has 0 bridgehead atoms. The van der Waals surface area contributed by atoms with Crippen molar-refractivity contribution in [3.8, 4) is 5.75 Å². The number of nitrogens with one attached hydrogen (secondary N) is 1. The summed E-state index contributed by atoms with van der Waals surface area (Å²) in [6, 6.07) is 13.0. The lowest BCUT2D eigenvalue weighted by Gasteiger charge is -2.09. The van der Waals surface area contributed by atoms with E-state index in [4.69, 9.17) is 16.3 Å². The van der Waals surface area contributed by atoms with Crippen LogP contribution in [-0.2, 0) is 6.54 Å². The van der Waals surface area contributed by atoms with Crippen LogP contribution in [0.15, 0.2) is 54.9 Å². The fraction of sp³-hybridized carbons (Fsp3) is 0.158. The van der Waals surface area contributed by atoms with Crippen molar-refractivity contribution >= 4 is 23.2 Å². The predicted molar refractivity (Wildman–Crippen MR) is 98.5 cm³/mol. The molecule has 0 saturated carbocycles. The molecule has 6 heteroatoms. The monoisotopic (exact) mass is 355 g/mol. The third-order valence-corrected chi connectivity index (χ3v) is 4.30. The van der Waals surface area contributed by atoms with Crippen molar-refractivity contribution in [3.63, 3.8) is 0 Å². The molecule has 2 aromatic carbocycles. The lowest BCUT2D eigenvalue weighted by molar-refractivity contribution is 0.102. The molecule has 0 unspecified atom stereocenters. The Balaban J connectivity index is 1.73. The summed E-state index contributed by atoms with van der Waals surface area (Å²) in [5, 5.41) is 7.82. The zero-order valence-corrected chi connectivity index (χ0v) is 14.7. The number of aromatic nitrogens is 2. The largest absolute Gasteiger partial charge is 0.496 e. The molecule has 1 amide bonds. The molecule has 0 aliphatic carbocycles. The van der Waals surface area contributed by atoms with Crippen molar-refractivity contribution in [1.82, 2.24) is 9.78 Å². The van der Waals surface area contributed by atoms with Crippen LogP contribution in [0.4, 0.5) is 5.69 Å². The van der Waals surface area contributed by atoms with E-state index in [1.165, 1.54) is 0 Å². The fourth-order valence-electron chi connectivity index (χ4n) is 2.60. The number of methoxy groups -OCH3 is 1. The van der Waals surface area contributed by atoms with E-state index in [0.29, 0.717) is 28.6 Å². The van der Waals surface area contributed by atoms with E-state index in [0.717, 1.165) is 11.1 Å². The topological polar surface area (TPSA) is 56.1 Å². The first-order chi connectivity index (χ1) is 12.1. The molecule has 0 aliphatic heterocycles. The van der Waals surface area contributed by atoms with E-state index >= 15 is 0 Å². The summed E-state index contributed by atoms with van der Waals surface area (Å²) in [5.74, 6) is 0.482. The zero-order chi connectivity index (χ0) is 17.8. The molecule has 0 fully saturated rings. The van der Waals surface area contributed by atoms with E-state index in [-0.39, 0.29) is 5.91 Å². The second kappa shape index (κ2) is 7.40. The predicted octanol–water partition coefficient (Wildman–Crippen LogP) is 4.15. The van der Waals surface area contributed by atoms with Crippen molar-refractivity contribution in [2.24, 2.45) is 0 Å². The Morgan fingerprint density at radius 1 is 1.24 bits per heavy atom. The number of ether oxygens (including phenoxy) is 1. The third kappa shape index (κ3) is 3.83. The molecule has 3 aromatic rings. The highest BCUT2D eigenvalue weighted by Gasteiger charge is 2.13. The van der Waals surface area contributed by atoms with Crippen LogP contribution in [0.1, 0.15) is 21.5 Å². The van der Waals surface area contributed by atoms with Gasteiger partial charge in [-0.15, -0.1) is 0 Å². The minimum absolute atomic E-state index is 0.200. The van der Waals surface area contributed by atoms with Crippen LogP contribution in [0.25, 0.3) is 0 Å². The number of rotatable bonds is 5. The summed E-state index contributed by atoms with van der Waals surface area (Å²) in [7, 11) is 1.59. The third-order valence-electron chi connectivity index (χ3n) is 3.93. The fourth-order valence-corrected chi connectivity index (χ4v) is 2.79. The number of benzene rings is 2. The molecular weight excluding hydrogens is 338 g/mol. The van der Waals surface area contributed by atoms with Crippen LogP contribution in [-0.4, -0.2) is 22.8 Å². The smallest absolute Gasteiger partial charge is 0.256 e. The van der Waals surface area contributed by atoms with Crippen LogP contribution < -0.4 is 10.1 Å². The standard InChI is InChI=1S/C19H18ClN3O2/c1-13-16(7-5-9-18(13)25-2)19(24)22-15-10-21-23(12-15)11-14-6-3-4-8-17(14)20/h3-10,12H,11H2,1-2H3,(H,22,24). The number of hydrogen-bond donors (Lipinski definition) is 1. The van der Waals surface area contributed by atoms with Gasteiger partial charge in [0.2, 0.25) is 0 Å². The Morgan fingerprint density at radius 2 is 2.04 bits per heavy atom. The van der Waals surface area contributed by atoms with Gasteiger partial charge in [0.25, 0.3) is 5.91 Å². The first-order valence-electron chi connectivity index (χ1n) is 7.79. The van der Waals surface area contributed by atoms with Gasteiger partial charge in [-0.3, -0.25) is 9.48 Å². The Kier molecular flexibility index (Phi) is 5.05. The van der Waals surface area contributed by atoms with Gasteiger partial charge >= 0.3 is 0 Å². The van der Waals surface area contributed by atoms with Crippen molar-refractivity contribution in [1.29, 1.82) is 0 Å². The number of carbonyl (C=O) groups excluding carboxylic acids is 1. The lowest BCUT2D eigenvalue weighted by Crippen LogP contribution is -2.13. The van der Waals surface area contributed by atoms with Crippen molar-refractivity contribution in [3.05, 3.63) is 76.6 Å². The molecule has 0 aliphatic rings. The number of nitrogens with zero attached hydrogens (tertiary/aromatic N) is 2. The molecule has 0 radical (unpaired) electrons. The molecule has 0 saturated heterocycles. The van der Waals surface area contributed by atoms with Crippen LogP contribution >= 0.6 is 11.6 Å². The molecule has 3 rings (SSSR count). The molecule has 1 N–H and O–H groups in total. The number of anilines is 1. The van der Waals surface area contributed by atoms with Gasteiger partial charge in [-0.2, -0.15) is 5.10 Å². The highest BCUT2D eigenvalue weighted by Crippen LogP contribution is 2.22. The minimum atomic E-state index is -0.200. The van der Waals surface area contributed by atoms with Crippen LogP contribution in [0.3, 0.4) is 0 Å². The quantitative estimate of drug-likeness (QED) is 0.747. The highest BCUT2D eigenvalue weighted by molar-refractivity contribution is 6.31. The van der Waals surface area contributed by atoms with Crippen LogP contribution in [0.2, 0.25) is 5.02 Å². The molecule has 0 spiro atoms. The lowest BCUT2D eigenvalue weighted by atomic mass is 10.1. The summed E-state index contributed by atoms with van der Waals surface area (Å²) >= 11 is 6.17. The van der Waals surface area contributed by atoms with Gasteiger partial charge < -0.3 is 10.1 Å².